The van der Waals surface area contributed by atoms with Crippen LogP contribution in [0.5, 0.6) is 0 Å². The van der Waals surface area contributed by atoms with E-state index in [-0.39, 0.29) is 0 Å². The van der Waals surface area contributed by atoms with Gasteiger partial charge in [-0.2, -0.15) is 0 Å². The molecule has 0 heterocycles. The Morgan fingerprint density at radius 2 is 2.07 bits per heavy atom. The van der Waals surface area contributed by atoms with E-state index in [1.165, 1.54) is 25.7 Å². The van der Waals surface area contributed by atoms with E-state index < -0.39 is 0 Å². The number of nitrogens with zero attached hydrogens (tertiary/aromatic N) is 1. The Bertz CT molecular complexity index is 190. The normalized spacial score (nSPS) is 19.6. The molecular formula is C11H20BrNO. The third-order valence-corrected chi connectivity index (χ3v) is 4.15. The summed E-state index contributed by atoms with van der Waals surface area (Å²) in [5, 5.41) is 0.861. The second-order valence-electron chi connectivity index (χ2n) is 4.36. The van der Waals surface area contributed by atoms with E-state index in [4.69, 9.17) is 0 Å². The van der Waals surface area contributed by atoms with Gasteiger partial charge in [0, 0.05) is 24.8 Å². The Morgan fingerprint density at radius 1 is 1.50 bits per heavy atom. The van der Waals surface area contributed by atoms with Crippen LogP contribution < -0.4 is 0 Å². The minimum Gasteiger partial charge on any atom is -0.342 e. The van der Waals surface area contributed by atoms with Gasteiger partial charge >= 0.3 is 0 Å². The second kappa shape index (κ2) is 5.74. The molecule has 0 aromatic rings. The predicted molar refractivity (Wildman–Crippen MR) is 62.6 cm³/mol. The van der Waals surface area contributed by atoms with E-state index in [1.807, 2.05) is 11.9 Å². The number of amides is 1. The van der Waals surface area contributed by atoms with Gasteiger partial charge in [-0.1, -0.05) is 28.8 Å². The third kappa shape index (κ3) is 3.26. The molecule has 1 saturated carbocycles. The van der Waals surface area contributed by atoms with Crippen LogP contribution in [0.15, 0.2) is 0 Å². The van der Waals surface area contributed by atoms with Crippen molar-refractivity contribution in [1.29, 1.82) is 0 Å². The number of carbonyl (C=O) groups is 1. The monoisotopic (exact) mass is 261 g/mol. The Kier molecular flexibility index (Phi) is 4.93. The Labute approximate surface area is 95.2 Å². The standard InChI is InChI=1S/C11H20BrNO/c1-9(8-12)13(2)11(14)7-10-5-3-4-6-10/h9-10H,3-8H2,1-2H3. The molecule has 82 valence electrons. The third-order valence-electron chi connectivity index (χ3n) is 3.22. The summed E-state index contributed by atoms with van der Waals surface area (Å²) in [4.78, 5) is 13.7. The molecule has 1 rings (SSSR count). The fraction of sp³-hybridized carbons (Fsp3) is 0.909. The first-order chi connectivity index (χ1) is 6.65. The number of hydrogen-bond donors (Lipinski definition) is 0. The molecule has 0 saturated heterocycles. The lowest BCUT2D eigenvalue weighted by Crippen LogP contribution is -2.36. The lowest BCUT2D eigenvalue weighted by atomic mass is 10.0. The molecule has 1 atom stereocenters. The van der Waals surface area contributed by atoms with Crippen molar-refractivity contribution in [3.8, 4) is 0 Å². The van der Waals surface area contributed by atoms with Crippen molar-refractivity contribution in [2.24, 2.45) is 5.92 Å². The molecule has 1 fully saturated rings. The van der Waals surface area contributed by atoms with Crippen molar-refractivity contribution in [3.63, 3.8) is 0 Å². The smallest absolute Gasteiger partial charge is 0.222 e. The molecule has 0 aromatic heterocycles. The molecule has 0 N–H and O–H groups in total. The predicted octanol–water partition coefficient (Wildman–Crippen LogP) is 2.81. The number of carbonyl (C=O) groups excluding carboxylic acids is 1. The molecule has 0 aliphatic heterocycles. The summed E-state index contributed by atoms with van der Waals surface area (Å²) in [6.07, 6.45) is 5.89. The zero-order chi connectivity index (χ0) is 10.6. The van der Waals surface area contributed by atoms with Gasteiger partial charge in [-0.15, -0.1) is 0 Å². The van der Waals surface area contributed by atoms with Crippen LogP contribution in [0.25, 0.3) is 0 Å². The Hall–Kier alpha value is -0.0500. The van der Waals surface area contributed by atoms with Crippen LogP contribution in [0, 0.1) is 5.92 Å². The largest absolute Gasteiger partial charge is 0.342 e. The summed E-state index contributed by atoms with van der Waals surface area (Å²) >= 11 is 3.40. The van der Waals surface area contributed by atoms with E-state index in [2.05, 4.69) is 22.9 Å². The zero-order valence-electron chi connectivity index (χ0n) is 9.13. The van der Waals surface area contributed by atoms with Gasteiger partial charge in [0.25, 0.3) is 0 Å². The van der Waals surface area contributed by atoms with Gasteiger partial charge in [0.15, 0.2) is 0 Å². The molecule has 2 nitrogen and oxygen atoms in total. The molecule has 1 aliphatic rings. The van der Waals surface area contributed by atoms with Gasteiger partial charge in [0.1, 0.15) is 0 Å². The van der Waals surface area contributed by atoms with E-state index >= 15 is 0 Å². The summed E-state index contributed by atoms with van der Waals surface area (Å²) in [5.41, 5.74) is 0. The molecule has 1 amide bonds. The van der Waals surface area contributed by atoms with Crippen LogP contribution in [0.3, 0.4) is 0 Å². The van der Waals surface area contributed by atoms with Crippen molar-refractivity contribution < 1.29 is 4.79 Å². The van der Waals surface area contributed by atoms with Gasteiger partial charge in [-0.3, -0.25) is 4.79 Å². The molecule has 14 heavy (non-hydrogen) atoms. The maximum Gasteiger partial charge on any atom is 0.222 e. The van der Waals surface area contributed by atoms with E-state index in [0.29, 0.717) is 17.9 Å². The molecule has 0 aromatic carbocycles. The lowest BCUT2D eigenvalue weighted by Gasteiger charge is -2.24. The molecule has 0 spiro atoms. The maximum atomic E-state index is 11.8. The number of rotatable bonds is 4. The lowest BCUT2D eigenvalue weighted by molar-refractivity contribution is -0.132. The van der Waals surface area contributed by atoms with E-state index in [0.717, 1.165) is 11.8 Å². The fourth-order valence-corrected chi connectivity index (χ4v) is 2.39. The molecule has 0 bridgehead atoms. The topological polar surface area (TPSA) is 20.3 Å². The van der Waals surface area contributed by atoms with Crippen LogP contribution in [0.2, 0.25) is 0 Å². The molecule has 1 aliphatic carbocycles. The minimum atomic E-state index is 0.309. The Morgan fingerprint density at radius 3 is 2.57 bits per heavy atom. The number of hydrogen-bond acceptors (Lipinski definition) is 1. The van der Waals surface area contributed by atoms with Gasteiger partial charge in [0.2, 0.25) is 5.91 Å². The molecule has 3 heteroatoms. The average molecular weight is 262 g/mol. The summed E-state index contributed by atoms with van der Waals surface area (Å²) in [7, 11) is 1.91. The van der Waals surface area contributed by atoms with Crippen molar-refractivity contribution in [2.75, 3.05) is 12.4 Å². The highest BCUT2D eigenvalue weighted by atomic mass is 79.9. The summed E-state index contributed by atoms with van der Waals surface area (Å²) in [6, 6.07) is 0.309. The first-order valence-electron chi connectivity index (χ1n) is 5.46. The molecular weight excluding hydrogens is 242 g/mol. The van der Waals surface area contributed by atoms with Crippen LogP contribution in [0.4, 0.5) is 0 Å². The SMILES string of the molecule is CC(CBr)N(C)C(=O)CC1CCCC1. The highest BCUT2D eigenvalue weighted by Gasteiger charge is 2.22. The number of alkyl halides is 1. The highest BCUT2D eigenvalue weighted by Crippen LogP contribution is 2.28. The van der Waals surface area contributed by atoms with E-state index in [1.54, 1.807) is 0 Å². The van der Waals surface area contributed by atoms with Crippen LogP contribution in [-0.2, 0) is 4.79 Å². The fourth-order valence-electron chi connectivity index (χ4n) is 1.95. The van der Waals surface area contributed by atoms with Gasteiger partial charge in [0.05, 0.1) is 0 Å². The van der Waals surface area contributed by atoms with Gasteiger partial charge in [-0.25, -0.2) is 0 Å². The van der Waals surface area contributed by atoms with Crippen molar-refractivity contribution in [2.45, 2.75) is 45.1 Å². The van der Waals surface area contributed by atoms with Gasteiger partial charge in [-0.05, 0) is 25.7 Å². The van der Waals surface area contributed by atoms with Crippen LogP contribution >= 0.6 is 15.9 Å². The van der Waals surface area contributed by atoms with Gasteiger partial charge < -0.3 is 4.90 Å². The minimum absolute atomic E-state index is 0.309. The summed E-state index contributed by atoms with van der Waals surface area (Å²) in [6.45, 7) is 2.07. The number of halogens is 1. The van der Waals surface area contributed by atoms with Crippen LogP contribution in [-0.4, -0.2) is 29.2 Å². The van der Waals surface area contributed by atoms with Crippen molar-refractivity contribution >= 4 is 21.8 Å². The van der Waals surface area contributed by atoms with Crippen LogP contribution in [0.1, 0.15) is 39.0 Å². The Balaban J connectivity index is 2.32. The second-order valence-corrected chi connectivity index (χ2v) is 5.01. The summed E-state index contributed by atoms with van der Waals surface area (Å²) < 4.78 is 0. The van der Waals surface area contributed by atoms with Crippen molar-refractivity contribution in [1.82, 2.24) is 4.90 Å². The average Bonchev–Trinajstić information content (AvgIpc) is 2.68. The molecule has 1 unspecified atom stereocenters. The molecule has 0 radical (unpaired) electrons. The first kappa shape index (κ1) is 12.0. The maximum absolute atomic E-state index is 11.8. The van der Waals surface area contributed by atoms with Crippen molar-refractivity contribution in [3.05, 3.63) is 0 Å². The van der Waals surface area contributed by atoms with E-state index in [9.17, 15) is 4.79 Å². The quantitative estimate of drug-likeness (QED) is 0.713. The summed E-state index contributed by atoms with van der Waals surface area (Å²) in [5.74, 6) is 0.969. The zero-order valence-corrected chi connectivity index (χ0v) is 10.7. The highest BCUT2D eigenvalue weighted by molar-refractivity contribution is 9.09. The first-order valence-corrected chi connectivity index (χ1v) is 6.59.